The molecule has 0 aromatic heterocycles. The second-order valence-corrected chi connectivity index (χ2v) is 4.28. The predicted molar refractivity (Wildman–Crippen MR) is 63.9 cm³/mol. The number of ether oxygens (including phenoxy) is 2. The molecule has 0 amide bonds. The maximum atomic E-state index is 6.03. The zero-order chi connectivity index (χ0) is 11.4. The van der Waals surface area contributed by atoms with Crippen LogP contribution >= 0.6 is 0 Å². The molecule has 1 aromatic rings. The Balaban J connectivity index is 1.96. The number of hydrogen-bond acceptors (Lipinski definition) is 3. The highest BCUT2D eigenvalue weighted by Gasteiger charge is 2.23. The van der Waals surface area contributed by atoms with Gasteiger partial charge in [-0.15, -0.1) is 0 Å². The van der Waals surface area contributed by atoms with Crippen molar-refractivity contribution in [1.82, 2.24) is 0 Å². The Labute approximate surface area is 96.5 Å². The number of nitrogens with two attached hydrogens (primary N) is 1. The van der Waals surface area contributed by atoms with Gasteiger partial charge in [0, 0.05) is 6.04 Å². The topological polar surface area (TPSA) is 44.5 Å². The molecule has 2 atom stereocenters. The summed E-state index contributed by atoms with van der Waals surface area (Å²) >= 11 is 0. The smallest absolute Gasteiger partial charge is 0.120 e. The van der Waals surface area contributed by atoms with Crippen LogP contribution in [0.15, 0.2) is 24.3 Å². The van der Waals surface area contributed by atoms with E-state index in [0.29, 0.717) is 0 Å². The van der Waals surface area contributed by atoms with Gasteiger partial charge in [-0.2, -0.15) is 0 Å². The lowest BCUT2D eigenvalue weighted by Gasteiger charge is -2.29. The Morgan fingerprint density at radius 1 is 1.06 bits per heavy atom. The predicted octanol–water partition coefficient (Wildman–Crippen LogP) is 2.34. The van der Waals surface area contributed by atoms with Crippen LogP contribution in [-0.4, -0.2) is 19.3 Å². The third-order valence-corrected chi connectivity index (χ3v) is 3.10. The maximum Gasteiger partial charge on any atom is 0.120 e. The molecule has 1 aliphatic carbocycles. The Kier molecular flexibility index (Phi) is 3.67. The van der Waals surface area contributed by atoms with Crippen molar-refractivity contribution in [2.75, 3.05) is 7.11 Å². The van der Waals surface area contributed by atoms with Crippen molar-refractivity contribution in [2.45, 2.75) is 37.8 Å². The second-order valence-electron chi connectivity index (χ2n) is 4.28. The molecular weight excluding hydrogens is 202 g/mol. The van der Waals surface area contributed by atoms with Gasteiger partial charge in [0.1, 0.15) is 17.6 Å². The van der Waals surface area contributed by atoms with Gasteiger partial charge < -0.3 is 15.2 Å². The molecule has 0 heterocycles. The fourth-order valence-electron chi connectivity index (χ4n) is 2.10. The average molecular weight is 221 g/mol. The number of hydrogen-bond donors (Lipinski definition) is 1. The normalized spacial score (nSPS) is 25.1. The van der Waals surface area contributed by atoms with Gasteiger partial charge in [-0.05, 0) is 43.5 Å². The molecular formula is C13H19NO2. The minimum absolute atomic E-state index is 0.169. The molecule has 0 saturated heterocycles. The SMILES string of the molecule is COc1ccc(O[C@@H]2CCCC[C@@H]2N)cc1. The third-order valence-electron chi connectivity index (χ3n) is 3.10. The van der Waals surface area contributed by atoms with Gasteiger partial charge in [0.2, 0.25) is 0 Å². The van der Waals surface area contributed by atoms with Gasteiger partial charge >= 0.3 is 0 Å². The van der Waals surface area contributed by atoms with Crippen LogP contribution < -0.4 is 15.2 Å². The first-order valence-corrected chi connectivity index (χ1v) is 5.86. The molecule has 0 unspecified atom stereocenters. The van der Waals surface area contributed by atoms with Crippen molar-refractivity contribution < 1.29 is 9.47 Å². The van der Waals surface area contributed by atoms with E-state index < -0.39 is 0 Å². The van der Waals surface area contributed by atoms with Crippen LogP contribution in [0.2, 0.25) is 0 Å². The molecule has 3 nitrogen and oxygen atoms in total. The van der Waals surface area contributed by atoms with Gasteiger partial charge in [-0.1, -0.05) is 6.42 Å². The van der Waals surface area contributed by atoms with E-state index in [-0.39, 0.29) is 12.1 Å². The van der Waals surface area contributed by atoms with Gasteiger partial charge in [0.25, 0.3) is 0 Å². The monoisotopic (exact) mass is 221 g/mol. The molecule has 0 bridgehead atoms. The van der Waals surface area contributed by atoms with E-state index in [0.717, 1.165) is 24.3 Å². The summed E-state index contributed by atoms with van der Waals surface area (Å²) in [5.41, 5.74) is 6.03. The number of benzene rings is 1. The Bertz CT molecular complexity index is 323. The van der Waals surface area contributed by atoms with E-state index in [1.54, 1.807) is 7.11 Å². The minimum atomic E-state index is 0.169. The van der Waals surface area contributed by atoms with Crippen molar-refractivity contribution in [3.8, 4) is 11.5 Å². The summed E-state index contributed by atoms with van der Waals surface area (Å²) in [6.45, 7) is 0. The van der Waals surface area contributed by atoms with Crippen molar-refractivity contribution in [2.24, 2.45) is 5.73 Å². The lowest BCUT2D eigenvalue weighted by molar-refractivity contribution is 0.132. The lowest BCUT2D eigenvalue weighted by Crippen LogP contribution is -2.41. The zero-order valence-corrected chi connectivity index (χ0v) is 9.69. The summed E-state index contributed by atoms with van der Waals surface area (Å²) in [5.74, 6) is 1.73. The molecule has 1 fully saturated rings. The summed E-state index contributed by atoms with van der Waals surface area (Å²) in [5, 5.41) is 0. The maximum absolute atomic E-state index is 6.03. The van der Waals surface area contributed by atoms with Crippen molar-refractivity contribution >= 4 is 0 Å². The van der Waals surface area contributed by atoms with Crippen LogP contribution in [0.1, 0.15) is 25.7 Å². The Morgan fingerprint density at radius 2 is 1.69 bits per heavy atom. The van der Waals surface area contributed by atoms with Crippen LogP contribution in [0.5, 0.6) is 11.5 Å². The molecule has 0 aliphatic heterocycles. The first kappa shape index (κ1) is 11.3. The molecule has 1 saturated carbocycles. The van der Waals surface area contributed by atoms with Crippen LogP contribution in [0.3, 0.4) is 0 Å². The van der Waals surface area contributed by atoms with E-state index >= 15 is 0 Å². The first-order valence-electron chi connectivity index (χ1n) is 5.86. The molecule has 2 rings (SSSR count). The third kappa shape index (κ3) is 2.67. The Morgan fingerprint density at radius 3 is 2.31 bits per heavy atom. The minimum Gasteiger partial charge on any atom is -0.497 e. The van der Waals surface area contributed by atoms with E-state index in [2.05, 4.69) is 0 Å². The van der Waals surface area contributed by atoms with Gasteiger partial charge in [-0.3, -0.25) is 0 Å². The van der Waals surface area contributed by atoms with Crippen LogP contribution in [-0.2, 0) is 0 Å². The van der Waals surface area contributed by atoms with Crippen LogP contribution in [0, 0.1) is 0 Å². The molecule has 16 heavy (non-hydrogen) atoms. The fraction of sp³-hybridized carbons (Fsp3) is 0.538. The van der Waals surface area contributed by atoms with Gasteiger partial charge in [0.05, 0.1) is 7.11 Å². The molecule has 1 aromatic carbocycles. The fourth-order valence-corrected chi connectivity index (χ4v) is 2.10. The Hall–Kier alpha value is -1.22. The van der Waals surface area contributed by atoms with E-state index in [1.807, 2.05) is 24.3 Å². The van der Waals surface area contributed by atoms with Gasteiger partial charge in [-0.25, -0.2) is 0 Å². The average Bonchev–Trinajstić information content (AvgIpc) is 2.33. The first-order chi connectivity index (χ1) is 7.79. The highest BCUT2D eigenvalue weighted by molar-refractivity contribution is 5.31. The van der Waals surface area contributed by atoms with Crippen molar-refractivity contribution in [1.29, 1.82) is 0 Å². The van der Waals surface area contributed by atoms with E-state index in [1.165, 1.54) is 12.8 Å². The van der Waals surface area contributed by atoms with E-state index in [4.69, 9.17) is 15.2 Å². The molecule has 2 N–H and O–H groups in total. The van der Waals surface area contributed by atoms with Crippen molar-refractivity contribution in [3.05, 3.63) is 24.3 Å². The zero-order valence-electron chi connectivity index (χ0n) is 9.69. The molecule has 3 heteroatoms. The molecule has 0 spiro atoms. The number of rotatable bonds is 3. The summed E-state index contributed by atoms with van der Waals surface area (Å²) in [7, 11) is 1.66. The lowest BCUT2D eigenvalue weighted by atomic mass is 9.93. The standard InChI is InChI=1S/C13H19NO2/c1-15-10-6-8-11(9-7-10)16-13-5-3-2-4-12(13)14/h6-9,12-13H,2-5,14H2,1H3/t12-,13+/m0/s1. The van der Waals surface area contributed by atoms with Crippen molar-refractivity contribution in [3.63, 3.8) is 0 Å². The van der Waals surface area contributed by atoms with Crippen LogP contribution in [0.25, 0.3) is 0 Å². The van der Waals surface area contributed by atoms with Gasteiger partial charge in [0.15, 0.2) is 0 Å². The summed E-state index contributed by atoms with van der Waals surface area (Å²) in [6, 6.07) is 7.85. The highest BCUT2D eigenvalue weighted by Crippen LogP contribution is 2.24. The summed E-state index contributed by atoms with van der Waals surface area (Å²) in [4.78, 5) is 0. The number of methoxy groups -OCH3 is 1. The molecule has 88 valence electrons. The summed E-state index contributed by atoms with van der Waals surface area (Å²) < 4.78 is 11.0. The highest BCUT2D eigenvalue weighted by atomic mass is 16.5. The van der Waals surface area contributed by atoms with E-state index in [9.17, 15) is 0 Å². The molecule has 0 radical (unpaired) electrons. The molecule has 1 aliphatic rings. The quantitative estimate of drug-likeness (QED) is 0.852. The van der Waals surface area contributed by atoms with Crippen LogP contribution in [0.4, 0.5) is 0 Å². The largest absolute Gasteiger partial charge is 0.497 e. The summed E-state index contributed by atoms with van der Waals surface area (Å²) in [6.07, 6.45) is 4.74. The second kappa shape index (κ2) is 5.21.